The fraction of sp³-hybridized carbons (Fsp3) is 0.364. The minimum Gasteiger partial charge on any atom is -0.744 e. The Hall–Kier alpha value is -5.55. The molecule has 4 aromatic carbocycles. The van der Waals surface area contributed by atoms with Crippen LogP contribution in [0.4, 0.5) is 0 Å². The molecule has 65 heavy (non-hydrogen) atoms. The predicted octanol–water partition coefficient (Wildman–Crippen LogP) is 6.11. The highest BCUT2D eigenvalue weighted by Gasteiger charge is 2.34. The molecule has 0 bridgehead atoms. The number of carbonyl (C=O) groups excluding carboxylic acids is 2. The summed E-state index contributed by atoms with van der Waals surface area (Å²) in [7, 11) is -14.3. The molecule has 0 fully saturated rings. The zero-order chi connectivity index (χ0) is 48.6. The minimum absolute atomic E-state index is 0.00164. The molecule has 4 atom stereocenters. The lowest BCUT2D eigenvalue weighted by Gasteiger charge is -2.19. The summed E-state index contributed by atoms with van der Waals surface area (Å²) in [5, 5.41) is 18.7. The molecule has 2 aliphatic carbocycles. The van der Waals surface area contributed by atoms with Gasteiger partial charge in [0.1, 0.15) is 33.5 Å². The van der Waals surface area contributed by atoms with Gasteiger partial charge in [-0.1, -0.05) is 101 Å². The number of hydrogen-bond acceptors (Lipinski definition) is 14. The second-order valence-corrected chi connectivity index (χ2v) is 19.2. The van der Waals surface area contributed by atoms with E-state index in [1.54, 1.807) is 6.92 Å². The summed E-state index contributed by atoms with van der Waals surface area (Å²) in [4.78, 5) is 46.5. The molecule has 2 aliphatic rings. The maximum atomic E-state index is 12.4. The fourth-order valence-electron chi connectivity index (χ4n) is 7.70. The Morgan fingerprint density at radius 3 is 1.15 bits per heavy atom. The first kappa shape index (κ1) is 52.1. The Morgan fingerprint density at radius 2 is 0.862 bits per heavy atom. The van der Waals surface area contributed by atoms with E-state index < -0.39 is 82.1 Å². The second kappa shape index (κ2) is 21.6. The molecule has 0 saturated heterocycles. The summed E-state index contributed by atoms with van der Waals surface area (Å²) in [5.74, 6) is -5.81. The molecule has 0 heterocycles. The fourth-order valence-corrected chi connectivity index (χ4v) is 8.70. The Morgan fingerprint density at radius 1 is 0.554 bits per heavy atom. The molecule has 4 aromatic rings. The number of rotatable bonds is 16. The van der Waals surface area contributed by atoms with Gasteiger partial charge in [0.25, 0.3) is 0 Å². The van der Waals surface area contributed by atoms with E-state index in [0.29, 0.717) is 24.0 Å². The van der Waals surface area contributed by atoms with E-state index in [4.69, 9.17) is 27.0 Å². The highest BCUT2D eigenvalue weighted by Crippen LogP contribution is 2.47. The highest BCUT2D eigenvalue weighted by molar-refractivity contribution is 7.86. The third kappa shape index (κ3) is 13.7. The Labute approximate surface area is 376 Å². The minimum atomic E-state index is -4.81. The summed E-state index contributed by atoms with van der Waals surface area (Å²) in [6, 6.07) is 23.4. The zero-order valence-corrected chi connectivity index (χ0v) is 38.0. The van der Waals surface area contributed by atoms with Crippen molar-refractivity contribution in [2.45, 2.75) is 75.0 Å². The first-order valence-corrected chi connectivity index (χ1v) is 24.3. The van der Waals surface area contributed by atoms with Gasteiger partial charge in [-0.3, -0.25) is 28.3 Å². The molecule has 21 heteroatoms. The molecule has 4 N–H and O–H groups in total. The Kier molecular flexibility index (Phi) is 17.3. The number of carboxylic acids is 2. The zero-order valence-electron chi connectivity index (χ0n) is 35.5. The van der Waals surface area contributed by atoms with E-state index >= 15 is 0 Å². The second-order valence-electron chi connectivity index (χ2n) is 15.6. The maximum absolute atomic E-state index is 12.4. The highest BCUT2D eigenvalue weighted by atomic mass is 32.3. The maximum Gasteiger partial charge on any atom is 0.394 e. The van der Waals surface area contributed by atoms with Crippen LogP contribution in [0, 0.1) is 23.7 Å². The van der Waals surface area contributed by atoms with E-state index in [0.717, 1.165) is 35.4 Å². The quantitative estimate of drug-likeness (QED) is 0.0726. The van der Waals surface area contributed by atoms with Gasteiger partial charge in [-0.25, -0.2) is 16.8 Å². The molecule has 0 spiro atoms. The molecule has 0 aromatic heterocycles. The predicted molar refractivity (Wildman–Crippen MR) is 230 cm³/mol. The van der Waals surface area contributed by atoms with Crippen LogP contribution in [0.15, 0.2) is 94.7 Å². The van der Waals surface area contributed by atoms with Crippen LogP contribution in [-0.4, -0.2) is 90.8 Å². The van der Waals surface area contributed by atoms with Crippen LogP contribution in [-0.2, 0) is 59.3 Å². The first-order chi connectivity index (χ1) is 30.3. The van der Waals surface area contributed by atoms with Crippen LogP contribution in [0.25, 0.3) is 22.3 Å². The number of carbonyl (C=O) groups is 4. The van der Waals surface area contributed by atoms with Crippen molar-refractivity contribution >= 4 is 54.5 Å². The van der Waals surface area contributed by atoms with Crippen molar-refractivity contribution in [3.8, 4) is 22.3 Å². The van der Waals surface area contributed by atoms with Gasteiger partial charge in [0, 0.05) is 11.8 Å². The van der Waals surface area contributed by atoms with Crippen molar-refractivity contribution in [3.05, 3.63) is 107 Å². The molecule has 0 saturated carbocycles. The van der Waals surface area contributed by atoms with Crippen LogP contribution in [0.2, 0.25) is 0 Å². The van der Waals surface area contributed by atoms with Gasteiger partial charge >= 0.3 is 34.3 Å². The van der Waals surface area contributed by atoms with E-state index in [9.17, 15) is 55.3 Å². The molecule has 352 valence electrons. The molecule has 18 nitrogen and oxygen atoms in total. The SMILES string of the molecule is CC[C@H](C)[C@H](CC(=O)OCC1c2ccc(S(=O)(=O)[O-])cc2-c2cc(S(=O)(=O)[O-])ccc21)C(=O)O.CC[C@H](C)[C@H](CC(=O)OCC1c2ccccc2-c2ccccc21)C(=O)O.O=S(=O)(O)O. The van der Waals surface area contributed by atoms with Crippen LogP contribution < -0.4 is 0 Å². The van der Waals surface area contributed by atoms with Gasteiger partial charge < -0.3 is 28.8 Å². The van der Waals surface area contributed by atoms with Crippen LogP contribution >= 0.6 is 0 Å². The van der Waals surface area contributed by atoms with Crippen LogP contribution in [0.1, 0.15) is 87.5 Å². The van der Waals surface area contributed by atoms with E-state index in [1.807, 2.05) is 45.0 Å². The van der Waals surface area contributed by atoms with Crippen molar-refractivity contribution in [2.24, 2.45) is 23.7 Å². The lowest BCUT2D eigenvalue weighted by molar-refractivity contribution is -0.153. The summed E-state index contributed by atoms with van der Waals surface area (Å²) in [6.07, 6.45) is 0.856. The van der Waals surface area contributed by atoms with Gasteiger partial charge in [-0.2, -0.15) is 8.42 Å². The number of fused-ring (bicyclic) bond motifs is 6. The lowest BCUT2D eigenvalue weighted by Crippen LogP contribution is -2.26. The molecule has 0 radical (unpaired) electrons. The first-order valence-electron chi connectivity index (χ1n) is 20.1. The third-order valence-electron chi connectivity index (χ3n) is 11.5. The molecule has 0 aliphatic heterocycles. The molecule has 6 rings (SSSR count). The summed E-state index contributed by atoms with van der Waals surface area (Å²) < 4.78 is 111. The standard InChI is InChI=1S/C22H24O10S2.C22H24O4.H2O4S/c1-3-12(2)17(22(24)25)10-21(23)32-11-20-15-6-4-13(33(26,27)28)8-18(15)19-9-14(34(29,30)31)5-7-16(19)20;1-3-14(2)19(22(24)25)12-21(23)26-13-20-17-10-6-4-8-15(17)16-9-5-7-11-18(16)20;1-5(2,3)4/h4-9,12,17,20H,3,10-11H2,1-2H3,(H,24,25)(H,26,27,28)(H,29,30,31);4-11,14,19-20H,3,12-13H2,1-2H3,(H,24,25);(H2,1,2,3,4)/p-2/t12-,17-;14-,19-;/m00./s1. The monoisotopic (exact) mass is 960 g/mol. The average molecular weight is 961 g/mol. The van der Waals surface area contributed by atoms with Gasteiger partial charge in [-0.15, -0.1) is 0 Å². The van der Waals surface area contributed by atoms with Crippen molar-refractivity contribution < 1.29 is 82.3 Å². The van der Waals surface area contributed by atoms with Crippen molar-refractivity contribution in [1.29, 1.82) is 0 Å². The lowest BCUT2D eigenvalue weighted by atomic mass is 9.89. The van der Waals surface area contributed by atoms with Gasteiger partial charge in [-0.05, 0) is 80.6 Å². The smallest absolute Gasteiger partial charge is 0.394 e. The van der Waals surface area contributed by atoms with E-state index in [-0.39, 0.29) is 54.9 Å². The van der Waals surface area contributed by atoms with Crippen molar-refractivity contribution in [2.75, 3.05) is 13.2 Å². The van der Waals surface area contributed by atoms with Gasteiger partial charge in [0.05, 0.1) is 34.5 Å². The summed E-state index contributed by atoms with van der Waals surface area (Å²) in [6.45, 7) is 7.32. The summed E-state index contributed by atoms with van der Waals surface area (Å²) in [5.41, 5.74) is 6.03. The average Bonchev–Trinajstić information content (AvgIpc) is 3.72. The number of aliphatic carboxylic acids is 2. The topological polar surface area (TPSA) is 316 Å². The Balaban J connectivity index is 0.000000265. The molecule has 0 unspecified atom stereocenters. The van der Waals surface area contributed by atoms with E-state index in [1.165, 1.54) is 23.3 Å². The number of benzene rings is 4. The Bertz CT molecular complexity index is 2610. The number of ether oxygens (including phenoxy) is 2. The number of esters is 2. The number of hydrogen-bond donors (Lipinski definition) is 4. The van der Waals surface area contributed by atoms with Crippen LogP contribution in [0.3, 0.4) is 0 Å². The van der Waals surface area contributed by atoms with E-state index in [2.05, 4.69) is 24.3 Å². The van der Waals surface area contributed by atoms with Crippen molar-refractivity contribution in [3.63, 3.8) is 0 Å². The molecule has 0 amide bonds. The number of carboxylic acid groups (broad SMARTS) is 2. The van der Waals surface area contributed by atoms with Crippen LogP contribution in [0.5, 0.6) is 0 Å². The molecular weight excluding hydrogens is 913 g/mol. The normalized spacial score (nSPS) is 14.9. The van der Waals surface area contributed by atoms with Gasteiger partial charge in [0.15, 0.2) is 0 Å². The van der Waals surface area contributed by atoms with Crippen molar-refractivity contribution in [1.82, 2.24) is 0 Å². The van der Waals surface area contributed by atoms with Gasteiger partial charge in [0.2, 0.25) is 0 Å². The molecular formula is C44H48O18S3-2. The summed E-state index contributed by atoms with van der Waals surface area (Å²) >= 11 is 0. The largest absolute Gasteiger partial charge is 0.744 e. The third-order valence-corrected chi connectivity index (χ3v) is 13.2.